The monoisotopic (exact) mass is 333 g/mol. The Balaban J connectivity index is 1.64. The molecule has 1 saturated carbocycles. The van der Waals surface area contributed by atoms with Gasteiger partial charge >= 0.3 is 0 Å². The van der Waals surface area contributed by atoms with E-state index in [1.54, 1.807) is 6.07 Å². The fourth-order valence-corrected chi connectivity index (χ4v) is 3.39. The minimum absolute atomic E-state index is 0.142. The zero-order valence-corrected chi connectivity index (χ0v) is 13.0. The van der Waals surface area contributed by atoms with Crippen LogP contribution < -0.4 is 5.32 Å². The van der Waals surface area contributed by atoms with Gasteiger partial charge in [0.2, 0.25) is 0 Å². The van der Waals surface area contributed by atoms with Crippen LogP contribution >= 0.6 is 15.9 Å². The van der Waals surface area contributed by atoms with Crippen molar-refractivity contribution in [3.8, 4) is 0 Å². The zero-order chi connectivity index (χ0) is 14.1. The predicted molar refractivity (Wildman–Crippen MR) is 84.7 cm³/mol. The normalized spacial score (nSPS) is 21.4. The third kappa shape index (κ3) is 2.59. The molecule has 1 aliphatic carbocycles. The minimum atomic E-state index is -0.142. The molecule has 1 fully saturated rings. The zero-order valence-electron chi connectivity index (χ0n) is 11.4. The van der Waals surface area contributed by atoms with Gasteiger partial charge in [-0.3, -0.25) is 0 Å². The molecule has 0 amide bonds. The molecule has 0 saturated heterocycles. The van der Waals surface area contributed by atoms with Crippen LogP contribution in [0.5, 0.6) is 0 Å². The molecule has 1 aliphatic rings. The Bertz CT molecular complexity index is 620. The van der Waals surface area contributed by atoms with E-state index in [9.17, 15) is 4.39 Å². The lowest BCUT2D eigenvalue weighted by atomic mass is 9.76. The van der Waals surface area contributed by atoms with E-state index in [0.29, 0.717) is 17.5 Å². The molecule has 2 aromatic carbocycles. The van der Waals surface area contributed by atoms with Crippen molar-refractivity contribution in [1.82, 2.24) is 0 Å². The van der Waals surface area contributed by atoms with Crippen LogP contribution in [-0.2, 0) is 0 Å². The standard InChI is InChI=1S/C17H17BrFN/c1-11-16(19)7-4-8-17(11)20-13-9-12(10-13)14-5-2-3-6-15(14)18/h2-8,12-13,20H,9-10H2,1H3. The first-order chi connectivity index (χ1) is 9.65. The molecular formula is C17H17BrFN. The van der Waals surface area contributed by atoms with Crippen LogP contribution in [0.25, 0.3) is 0 Å². The first-order valence-electron chi connectivity index (χ1n) is 6.91. The van der Waals surface area contributed by atoms with Crippen molar-refractivity contribution >= 4 is 21.6 Å². The molecule has 0 radical (unpaired) electrons. The molecule has 3 rings (SSSR count). The van der Waals surface area contributed by atoms with Crippen LogP contribution in [0.3, 0.4) is 0 Å². The third-order valence-corrected chi connectivity index (χ3v) is 4.83. The third-order valence-electron chi connectivity index (χ3n) is 4.11. The van der Waals surface area contributed by atoms with E-state index in [4.69, 9.17) is 0 Å². The molecule has 0 atom stereocenters. The maximum atomic E-state index is 13.5. The largest absolute Gasteiger partial charge is 0.382 e. The lowest BCUT2D eigenvalue weighted by molar-refractivity contribution is 0.373. The van der Waals surface area contributed by atoms with Crippen molar-refractivity contribution in [2.24, 2.45) is 0 Å². The van der Waals surface area contributed by atoms with Crippen molar-refractivity contribution in [3.63, 3.8) is 0 Å². The Hall–Kier alpha value is -1.35. The summed E-state index contributed by atoms with van der Waals surface area (Å²) in [7, 11) is 0. The van der Waals surface area contributed by atoms with Gasteiger partial charge in [0, 0.05) is 21.8 Å². The van der Waals surface area contributed by atoms with Gasteiger partial charge in [-0.05, 0) is 49.4 Å². The summed E-state index contributed by atoms with van der Waals surface area (Å²) in [6.45, 7) is 1.82. The van der Waals surface area contributed by atoms with Gasteiger partial charge in [0.15, 0.2) is 0 Å². The van der Waals surface area contributed by atoms with Crippen LogP contribution in [0.1, 0.15) is 29.9 Å². The number of halogens is 2. The highest BCUT2D eigenvalue weighted by Crippen LogP contribution is 2.41. The van der Waals surface area contributed by atoms with E-state index in [-0.39, 0.29) is 5.82 Å². The van der Waals surface area contributed by atoms with Gasteiger partial charge in [-0.1, -0.05) is 40.2 Å². The van der Waals surface area contributed by atoms with Crippen molar-refractivity contribution in [1.29, 1.82) is 0 Å². The Labute approximate surface area is 127 Å². The van der Waals surface area contributed by atoms with Crippen molar-refractivity contribution in [2.45, 2.75) is 31.7 Å². The summed E-state index contributed by atoms with van der Waals surface area (Å²) in [4.78, 5) is 0. The highest BCUT2D eigenvalue weighted by molar-refractivity contribution is 9.10. The van der Waals surface area contributed by atoms with Gasteiger partial charge in [-0.2, -0.15) is 0 Å². The Kier molecular flexibility index (Phi) is 3.79. The van der Waals surface area contributed by atoms with Crippen LogP contribution in [0, 0.1) is 12.7 Å². The van der Waals surface area contributed by atoms with Gasteiger partial charge in [0.05, 0.1) is 0 Å². The summed E-state index contributed by atoms with van der Waals surface area (Å²) >= 11 is 3.61. The Morgan fingerprint density at radius 3 is 2.60 bits per heavy atom. The van der Waals surface area contributed by atoms with E-state index in [0.717, 1.165) is 18.5 Å². The second kappa shape index (κ2) is 5.57. The molecule has 1 N–H and O–H groups in total. The summed E-state index contributed by atoms with van der Waals surface area (Å²) in [5.41, 5.74) is 3.00. The van der Waals surface area contributed by atoms with E-state index in [1.807, 2.05) is 19.1 Å². The quantitative estimate of drug-likeness (QED) is 0.808. The fraction of sp³-hybridized carbons (Fsp3) is 0.294. The molecule has 2 aromatic rings. The van der Waals surface area contributed by atoms with Crippen molar-refractivity contribution in [3.05, 3.63) is 63.9 Å². The van der Waals surface area contributed by atoms with E-state index >= 15 is 0 Å². The number of hydrogen-bond donors (Lipinski definition) is 1. The Morgan fingerprint density at radius 1 is 1.10 bits per heavy atom. The van der Waals surface area contributed by atoms with Crippen molar-refractivity contribution < 1.29 is 4.39 Å². The number of anilines is 1. The second-order valence-electron chi connectivity index (χ2n) is 5.44. The number of hydrogen-bond acceptors (Lipinski definition) is 1. The second-order valence-corrected chi connectivity index (χ2v) is 6.30. The van der Waals surface area contributed by atoms with Gasteiger partial charge < -0.3 is 5.32 Å². The summed E-state index contributed by atoms with van der Waals surface area (Å²) in [5.74, 6) is 0.452. The van der Waals surface area contributed by atoms with Crippen LogP contribution in [0.4, 0.5) is 10.1 Å². The average molecular weight is 334 g/mol. The lowest BCUT2D eigenvalue weighted by Gasteiger charge is -2.37. The highest BCUT2D eigenvalue weighted by Gasteiger charge is 2.31. The van der Waals surface area contributed by atoms with Crippen LogP contribution in [-0.4, -0.2) is 6.04 Å². The first kappa shape index (κ1) is 13.6. The SMILES string of the molecule is Cc1c(F)cccc1NC1CC(c2ccccc2Br)C1. The minimum Gasteiger partial charge on any atom is -0.382 e. The van der Waals surface area contributed by atoms with Gasteiger partial charge in [-0.25, -0.2) is 4.39 Å². The lowest BCUT2D eigenvalue weighted by Crippen LogP contribution is -2.34. The van der Waals surface area contributed by atoms with E-state index < -0.39 is 0 Å². The molecule has 0 aliphatic heterocycles. The van der Waals surface area contributed by atoms with E-state index in [1.165, 1.54) is 16.1 Å². The van der Waals surface area contributed by atoms with Crippen LogP contribution in [0.2, 0.25) is 0 Å². The Morgan fingerprint density at radius 2 is 1.85 bits per heavy atom. The summed E-state index contributed by atoms with van der Waals surface area (Å²) in [5, 5.41) is 3.45. The topological polar surface area (TPSA) is 12.0 Å². The van der Waals surface area contributed by atoms with Gasteiger partial charge in [-0.15, -0.1) is 0 Å². The predicted octanol–water partition coefficient (Wildman–Crippen LogP) is 5.25. The summed E-state index contributed by atoms with van der Waals surface area (Å²) in [6, 6.07) is 14.0. The molecule has 20 heavy (non-hydrogen) atoms. The molecule has 1 nitrogen and oxygen atoms in total. The maximum Gasteiger partial charge on any atom is 0.128 e. The molecule has 0 aromatic heterocycles. The molecule has 0 bridgehead atoms. The average Bonchev–Trinajstić information content (AvgIpc) is 2.39. The number of rotatable bonds is 3. The summed E-state index contributed by atoms with van der Waals surface area (Å²) < 4.78 is 14.7. The number of benzene rings is 2. The number of nitrogens with one attached hydrogen (secondary N) is 1. The molecule has 104 valence electrons. The van der Waals surface area contributed by atoms with E-state index in [2.05, 4.69) is 39.4 Å². The fourth-order valence-electron chi connectivity index (χ4n) is 2.78. The first-order valence-corrected chi connectivity index (χ1v) is 7.70. The molecule has 0 heterocycles. The molecular weight excluding hydrogens is 317 g/mol. The molecule has 0 spiro atoms. The smallest absolute Gasteiger partial charge is 0.128 e. The highest BCUT2D eigenvalue weighted by atomic mass is 79.9. The molecule has 3 heteroatoms. The van der Waals surface area contributed by atoms with Crippen molar-refractivity contribution in [2.75, 3.05) is 5.32 Å². The summed E-state index contributed by atoms with van der Waals surface area (Å²) in [6.07, 6.45) is 2.19. The van der Waals surface area contributed by atoms with Crippen LogP contribution in [0.15, 0.2) is 46.9 Å². The van der Waals surface area contributed by atoms with Gasteiger partial charge in [0.25, 0.3) is 0 Å². The molecule has 0 unspecified atom stereocenters. The maximum absolute atomic E-state index is 13.5. The van der Waals surface area contributed by atoms with Gasteiger partial charge in [0.1, 0.15) is 5.82 Å².